The van der Waals surface area contributed by atoms with E-state index in [1.807, 2.05) is 56.3 Å². The van der Waals surface area contributed by atoms with Crippen molar-refractivity contribution in [1.82, 2.24) is 14.5 Å². The zero-order valence-corrected chi connectivity index (χ0v) is 20.4. The average molecular weight is 464 g/mol. The van der Waals surface area contributed by atoms with Gasteiger partial charge in [-0.25, -0.2) is 4.98 Å². The number of fused-ring (bicyclic) bond motifs is 1. The lowest BCUT2D eigenvalue weighted by Crippen LogP contribution is -2.38. The second kappa shape index (κ2) is 11.6. The average Bonchev–Trinajstić information content (AvgIpc) is 2.85. The Morgan fingerprint density at radius 2 is 1.74 bits per heavy atom. The lowest BCUT2D eigenvalue weighted by molar-refractivity contribution is -0.146. The van der Waals surface area contributed by atoms with Gasteiger partial charge >= 0.3 is 5.97 Å². The third-order valence-corrected chi connectivity index (χ3v) is 5.88. The van der Waals surface area contributed by atoms with Crippen LogP contribution in [0.1, 0.15) is 64.4 Å². The van der Waals surface area contributed by atoms with E-state index in [1.165, 1.54) is 5.56 Å². The molecule has 1 atom stereocenters. The first-order valence-electron chi connectivity index (χ1n) is 12.0. The van der Waals surface area contributed by atoms with Crippen molar-refractivity contribution < 1.29 is 14.3 Å². The van der Waals surface area contributed by atoms with Gasteiger partial charge in [0.15, 0.2) is 0 Å². The molecule has 0 N–H and O–H groups in total. The van der Waals surface area contributed by atoms with Gasteiger partial charge in [0.1, 0.15) is 5.82 Å². The van der Waals surface area contributed by atoms with Crippen LogP contribution in [0.3, 0.4) is 0 Å². The van der Waals surface area contributed by atoms with Gasteiger partial charge in [-0.2, -0.15) is 0 Å². The highest BCUT2D eigenvalue weighted by molar-refractivity contribution is 5.82. The van der Waals surface area contributed by atoms with E-state index in [1.54, 1.807) is 22.5 Å². The van der Waals surface area contributed by atoms with Crippen LogP contribution in [0.25, 0.3) is 16.6 Å². The summed E-state index contributed by atoms with van der Waals surface area (Å²) in [7, 11) is 0. The summed E-state index contributed by atoms with van der Waals surface area (Å²) < 4.78 is 6.57. The first-order valence-corrected chi connectivity index (χ1v) is 12.0. The molecule has 0 aliphatic rings. The SMILES string of the molecule is CCCN(C(=O)CCC(=O)OCC)C(C)c1nc2ccccc2c(=O)n1-c1ccc(CC)cc1. The molecule has 3 rings (SSSR count). The zero-order valence-electron chi connectivity index (χ0n) is 20.4. The number of carbonyl (C=O) groups is 2. The van der Waals surface area contributed by atoms with E-state index in [4.69, 9.17) is 9.72 Å². The molecule has 0 fully saturated rings. The van der Waals surface area contributed by atoms with Gasteiger partial charge in [-0.15, -0.1) is 0 Å². The Morgan fingerprint density at radius 3 is 2.38 bits per heavy atom. The van der Waals surface area contributed by atoms with Crippen molar-refractivity contribution in [2.24, 2.45) is 0 Å². The van der Waals surface area contributed by atoms with Gasteiger partial charge < -0.3 is 9.64 Å². The zero-order chi connectivity index (χ0) is 24.7. The largest absolute Gasteiger partial charge is 0.466 e. The van der Waals surface area contributed by atoms with Crippen LogP contribution in [0, 0.1) is 0 Å². The van der Waals surface area contributed by atoms with E-state index in [0.717, 1.165) is 12.8 Å². The number of rotatable bonds is 10. The predicted molar refractivity (Wildman–Crippen MR) is 133 cm³/mol. The highest BCUT2D eigenvalue weighted by atomic mass is 16.5. The van der Waals surface area contributed by atoms with Crippen molar-refractivity contribution in [2.75, 3.05) is 13.2 Å². The molecule has 0 bridgehead atoms. The number of hydrogen-bond donors (Lipinski definition) is 0. The molecule has 3 aromatic rings. The molecule has 1 amide bonds. The molecule has 1 unspecified atom stereocenters. The monoisotopic (exact) mass is 463 g/mol. The molecule has 0 aliphatic carbocycles. The Labute approximate surface area is 200 Å². The van der Waals surface area contributed by atoms with Crippen LogP contribution in [-0.2, 0) is 20.7 Å². The molecule has 0 saturated heterocycles. The molecule has 7 heteroatoms. The van der Waals surface area contributed by atoms with E-state index < -0.39 is 12.0 Å². The quantitative estimate of drug-likeness (QED) is 0.411. The topological polar surface area (TPSA) is 81.5 Å². The molecule has 0 aliphatic heterocycles. The Balaban J connectivity index is 2.08. The number of nitrogens with zero attached hydrogens (tertiary/aromatic N) is 3. The van der Waals surface area contributed by atoms with Gasteiger partial charge in [-0.05, 0) is 56.5 Å². The minimum Gasteiger partial charge on any atom is -0.466 e. The van der Waals surface area contributed by atoms with E-state index in [0.29, 0.717) is 29.0 Å². The second-order valence-corrected chi connectivity index (χ2v) is 8.22. The summed E-state index contributed by atoms with van der Waals surface area (Å²) in [6.45, 7) is 8.46. The Kier molecular flexibility index (Phi) is 8.57. The van der Waals surface area contributed by atoms with E-state index >= 15 is 0 Å². The molecule has 180 valence electrons. The standard InChI is InChI=1S/C27H33N3O4/c1-5-18-29(24(31)16-17-25(32)34-7-3)19(4)26-28-23-11-9-8-10-22(23)27(33)30(26)21-14-12-20(6-2)13-15-21/h8-15,19H,5-7,16-18H2,1-4H3. The van der Waals surface area contributed by atoms with Crippen molar-refractivity contribution in [1.29, 1.82) is 0 Å². The molecular formula is C27H33N3O4. The first-order chi connectivity index (χ1) is 16.4. The number of aromatic nitrogens is 2. The summed E-state index contributed by atoms with van der Waals surface area (Å²) >= 11 is 0. The molecule has 0 saturated carbocycles. The van der Waals surface area contributed by atoms with Crippen LogP contribution in [0.5, 0.6) is 0 Å². The maximum absolute atomic E-state index is 13.6. The van der Waals surface area contributed by atoms with Gasteiger partial charge in [0.2, 0.25) is 5.91 Å². The maximum atomic E-state index is 13.6. The molecule has 1 aromatic heterocycles. The molecule has 0 radical (unpaired) electrons. The molecule has 34 heavy (non-hydrogen) atoms. The van der Waals surface area contributed by atoms with Gasteiger partial charge in [-0.1, -0.05) is 38.1 Å². The smallest absolute Gasteiger partial charge is 0.306 e. The Bertz CT molecular complexity index is 1200. The van der Waals surface area contributed by atoms with Crippen molar-refractivity contribution in [3.63, 3.8) is 0 Å². The summed E-state index contributed by atoms with van der Waals surface area (Å²) in [6, 6.07) is 14.6. The number of benzene rings is 2. The molecule has 0 spiro atoms. The van der Waals surface area contributed by atoms with Crippen LogP contribution in [0.4, 0.5) is 0 Å². The third kappa shape index (κ3) is 5.53. The number of aryl methyl sites for hydroxylation is 1. The fourth-order valence-corrected chi connectivity index (χ4v) is 4.06. The Morgan fingerprint density at radius 1 is 1.03 bits per heavy atom. The number of para-hydroxylation sites is 1. The molecule has 2 aromatic carbocycles. The van der Waals surface area contributed by atoms with Crippen molar-refractivity contribution in [2.45, 2.75) is 59.4 Å². The minimum absolute atomic E-state index is 0.0239. The summed E-state index contributed by atoms with van der Waals surface area (Å²) in [5, 5.41) is 0.522. The van der Waals surface area contributed by atoms with Crippen LogP contribution in [0.2, 0.25) is 0 Å². The van der Waals surface area contributed by atoms with Gasteiger partial charge in [-0.3, -0.25) is 19.0 Å². The van der Waals surface area contributed by atoms with Crippen LogP contribution in [-0.4, -0.2) is 39.5 Å². The fourth-order valence-electron chi connectivity index (χ4n) is 4.06. The predicted octanol–water partition coefficient (Wildman–Crippen LogP) is 4.59. The van der Waals surface area contributed by atoms with Gasteiger partial charge in [0.05, 0.1) is 35.7 Å². The van der Waals surface area contributed by atoms with Crippen molar-refractivity contribution in [3.8, 4) is 5.69 Å². The number of esters is 1. The normalized spacial score (nSPS) is 11.9. The first kappa shape index (κ1) is 25.1. The van der Waals surface area contributed by atoms with Gasteiger partial charge in [0, 0.05) is 13.0 Å². The second-order valence-electron chi connectivity index (χ2n) is 8.22. The Hall–Kier alpha value is -3.48. The number of ether oxygens (including phenoxy) is 1. The maximum Gasteiger partial charge on any atom is 0.306 e. The number of hydrogen-bond acceptors (Lipinski definition) is 5. The summed E-state index contributed by atoms with van der Waals surface area (Å²) in [5.74, 6) is -0.0692. The number of amides is 1. The molecule has 1 heterocycles. The summed E-state index contributed by atoms with van der Waals surface area (Å²) in [6.07, 6.45) is 1.70. The fraction of sp³-hybridized carbons (Fsp3) is 0.407. The highest BCUT2D eigenvalue weighted by Gasteiger charge is 2.26. The molecular weight excluding hydrogens is 430 g/mol. The molecule has 7 nitrogen and oxygen atoms in total. The highest BCUT2D eigenvalue weighted by Crippen LogP contribution is 2.24. The van der Waals surface area contributed by atoms with Crippen LogP contribution >= 0.6 is 0 Å². The summed E-state index contributed by atoms with van der Waals surface area (Å²) in [5.41, 5.74) is 2.29. The van der Waals surface area contributed by atoms with E-state index in [2.05, 4.69) is 6.92 Å². The minimum atomic E-state index is -0.474. The third-order valence-electron chi connectivity index (χ3n) is 5.88. The van der Waals surface area contributed by atoms with Crippen molar-refractivity contribution in [3.05, 3.63) is 70.3 Å². The lowest BCUT2D eigenvalue weighted by Gasteiger charge is -2.30. The van der Waals surface area contributed by atoms with Gasteiger partial charge in [0.25, 0.3) is 5.56 Å². The lowest BCUT2D eigenvalue weighted by atomic mass is 10.1. The van der Waals surface area contributed by atoms with Crippen LogP contribution in [0.15, 0.2) is 53.3 Å². The van der Waals surface area contributed by atoms with Crippen LogP contribution < -0.4 is 5.56 Å². The summed E-state index contributed by atoms with van der Waals surface area (Å²) in [4.78, 5) is 45.1. The van der Waals surface area contributed by atoms with E-state index in [9.17, 15) is 14.4 Å². The van der Waals surface area contributed by atoms with E-state index in [-0.39, 0.29) is 30.9 Å². The number of carbonyl (C=O) groups excluding carboxylic acids is 2. The van der Waals surface area contributed by atoms with Crippen molar-refractivity contribution >= 4 is 22.8 Å².